The molecule has 0 atom stereocenters. The first kappa shape index (κ1) is 10.5. The van der Waals surface area contributed by atoms with Gasteiger partial charge in [-0.05, 0) is 23.0 Å². The Morgan fingerprint density at radius 3 is 3.18 bits per heavy atom. The molecule has 3 aromatic rings. The molecule has 7 heteroatoms. The monoisotopic (exact) mass is 265 g/mol. The third-order valence-electron chi connectivity index (χ3n) is 2.30. The molecular formula is C10H8ClN5S. The van der Waals surface area contributed by atoms with Crippen molar-refractivity contribution < 1.29 is 0 Å². The van der Waals surface area contributed by atoms with Crippen LogP contribution in [0.3, 0.4) is 0 Å². The van der Waals surface area contributed by atoms with E-state index in [-0.39, 0.29) is 5.28 Å². The van der Waals surface area contributed by atoms with Gasteiger partial charge in [0.15, 0.2) is 0 Å². The summed E-state index contributed by atoms with van der Waals surface area (Å²) in [6.07, 6.45) is 3.41. The zero-order valence-electron chi connectivity index (χ0n) is 8.64. The predicted octanol–water partition coefficient (Wildman–Crippen LogP) is 2.68. The minimum absolute atomic E-state index is 0.257. The van der Waals surface area contributed by atoms with Gasteiger partial charge < -0.3 is 10.3 Å². The molecule has 3 heterocycles. The summed E-state index contributed by atoms with van der Waals surface area (Å²) in [6.45, 7) is 0.623. The fourth-order valence-corrected chi connectivity index (χ4v) is 2.51. The van der Waals surface area contributed by atoms with Crippen LogP contribution in [0.15, 0.2) is 24.0 Å². The van der Waals surface area contributed by atoms with Gasteiger partial charge >= 0.3 is 0 Å². The van der Waals surface area contributed by atoms with E-state index < -0.39 is 0 Å². The number of aromatic amines is 1. The zero-order chi connectivity index (χ0) is 11.7. The van der Waals surface area contributed by atoms with E-state index in [1.165, 1.54) is 0 Å². The maximum atomic E-state index is 5.87. The molecule has 0 radical (unpaired) electrons. The third-order valence-corrected chi connectivity index (χ3v) is 3.27. The van der Waals surface area contributed by atoms with Gasteiger partial charge in [0.05, 0.1) is 24.0 Å². The molecule has 0 aliphatic heterocycles. The lowest BCUT2D eigenvalue weighted by atomic mass is 10.3. The molecule has 0 saturated carbocycles. The summed E-state index contributed by atoms with van der Waals surface area (Å²) in [5.74, 6) is 0.746. The van der Waals surface area contributed by atoms with Crippen molar-refractivity contribution in [3.05, 3.63) is 34.9 Å². The van der Waals surface area contributed by atoms with E-state index in [2.05, 4.69) is 25.3 Å². The Bertz CT molecular complexity index is 633. The average molecular weight is 266 g/mol. The fraction of sp³-hybridized carbons (Fsp3) is 0.100. The number of halogens is 1. The molecule has 5 nitrogen and oxygen atoms in total. The highest BCUT2D eigenvalue weighted by atomic mass is 35.5. The van der Waals surface area contributed by atoms with Crippen LogP contribution in [-0.4, -0.2) is 19.9 Å². The molecule has 86 valence electrons. The van der Waals surface area contributed by atoms with Crippen LogP contribution >= 0.6 is 22.9 Å². The van der Waals surface area contributed by atoms with Crippen molar-refractivity contribution in [2.45, 2.75) is 6.54 Å². The first-order valence-corrected chi connectivity index (χ1v) is 6.20. The van der Waals surface area contributed by atoms with Gasteiger partial charge in [-0.2, -0.15) is 0 Å². The molecule has 0 saturated heterocycles. The number of hydrogen-bond acceptors (Lipinski definition) is 5. The molecule has 0 bridgehead atoms. The van der Waals surface area contributed by atoms with E-state index in [1.54, 1.807) is 23.9 Å². The van der Waals surface area contributed by atoms with Gasteiger partial charge in [-0.15, -0.1) is 11.3 Å². The fourth-order valence-electron chi connectivity index (χ4n) is 1.52. The van der Waals surface area contributed by atoms with Gasteiger partial charge in [-0.1, -0.05) is 0 Å². The van der Waals surface area contributed by atoms with Crippen LogP contribution in [0.1, 0.15) is 5.69 Å². The summed E-state index contributed by atoms with van der Waals surface area (Å²) in [4.78, 5) is 16.2. The lowest BCUT2D eigenvalue weighted by Crippen LogP contribution is -2.02. The van der Waals surface area contributed by atoms with Crippen molar-refractivity contribution in [3.8, 4) is 0 Å². The highest BCUT2D eigenvalue weighted by Gasteiger charge is 2.07. The molecule has 0 amide bonds. The number of imidazole rings is 1. The smallest absolute Gasteiger partial charge is 0.225 e. The molecule has 0 aliphatic rings. The van der Waals surface area contributed by atoms with E-state index in [0.717, 1.165) is 21.7 Å². The van der Waals surface area contributed by atoms with Crippen molar-refractivity contribution in [3.63, 3.8) is 0 Å². The zero-order valence-corrected chi connectivity index (χ0v) is 10.2. The summed E-state index contributed by atoms with van der Waals surface area (Å²) < 4.78 is 0. The SMILES string of the molecule is Clc1nc(NCc2cnc[nH]2)c2ccsc2n1. The Balaban J connectivity index is 1.91. The Morgan fingerprint density at radius 1 is 1.41 bits per heavy atom. The summed E-state index contributed by atoms with van der Waals surface area (Å²) in [5.41, 5.74) is 0.989. The normalized spacial score (nSPS) is 10.9. The standard InChI is InChI=1S/C10H8ClN5S/c11-10-15-8(7-1-2-17-9(7)16-10)13-4-6-3-12-5-14-6/h1-3,5H,4H2,(H,12,14)(H,13,15,16). The van der Waals surface area contributed by atoms with E-state index in [1.807, 2.05) is 11.4 Å². The quantitative estimate of drug-likeness (QED) is 0.715. The van der Waals surface area contributed by atoms with Gasteiger partial charge in [0.25, 0.3) is 0 Å². The Morgan fingerprint density at radius 2 is 2.35 bits per heavy atom. The highest BCUT2D eigenvalue weighted by Crippen LogP contribution is 2.26. The van der Waals surface area contributed by atoms with Gasteiger partial charge in [0.1, 0.15) is 10.6 Å². The summed E-state index contributed by atoms with van der Waals surface area (Å²) in [7, 11) is 0. The Kier molecular flexibility index (Phi) is 2.66. The van der Waals surface area contributed by atoms with Gasteiger partial charge in [-0.3, -0.25) is 0 Å². The molecule has 3 rings (SSSR count). The Hall–Kier alpha value is -1.66. The van der Waals surface area contributed by atoms with E-state index in [9.17, 15) is 0 Å². The number of nitrogens with zero attached hydrogens (tertiary/aromatic N) is 3. The average Bonchev–Trinajstić information content (AvgIpc) is 2.95. The summed E-state index contributed by atoms with van der Waals surface area (Å²) >= 11 is 7.41. The number of fused-ring (bicyclic) bond motifs is 1. The van der Waals surface area contributed by atoms with Gasteiger partial charge in [0, 0.05) is 6.20 Å². The van der Waals surface area contributed by atoms with Crippen molar-refractivity contribution in [2.24, 2.45) is 0 Å². The third kappa shape index (κ3) is 2.09. The first-order chi connectivity index (χ1) is 8.33. The molecule has 0 fully saturated rings. The van der Waals surface area contributed by atoms with Crippen LogP contribution in [0.2, 0.25) is 5.28 Å². The van der Waals surface area contributed by atoms with Crippen molar-refractivity contribution in [1.82, 2.24) is 19.9 Å². The van der Waals surface area contributed by atoms with E-state index >= 15 is 0 Å². The van der Waals surface area contributed by atoms with Crippen molar-refractivity contribution in [2.75, 3.05) is 5.32 Å². The van der Waals surface area contributed by atoms with Crippen LogP contribution < -0.4 is 5.32 Å². The second-order valence-corrected chi connectivity index (χ2v) is 4.64. The maximum absolute atomic E-state index is 5.87. The second-order valence-electron chi connectivity index (χ2n) is 3.41. The molecule has 3 aromatic heterocycles. The minimum Gasteiger partial charge on any atom is -0.364 e. The lowest BCUT2D eigenvalue weighted by Gasteiger charge is -2.05. The molecular weight excluding hydrogens is 258 g/mol. The van der Waals surface area contributed by atoms with Crippen molar-refractivity contribution >= 4 is 39.0 Å². The number of anilines is 1. The van der Waals surface area contributed by atoms with Gasteiger partial charge in [0.2, 0.25) is 5.28 Å². The molecule has 0 unspecified atom stereocenters. The van der Waals surface area contributed by atoms with Crippen LogP contribution in [0.4, 0.5) is 5.82 Å². The second kappa shape index (κ2) is 4.31. The molecule has 2 N–H and O–H groups in total. The Labute approximate surface area is 106 Å². The number of rotatable bonds is 3. The number of aromatic nitrogens is 4. The van der Waals surface area contributed by atoms with E-state index in [4.69, 9.17) is 11.6 Å². The van der Waals surface area contributed by atoms with Crippen LogP contribution in [0, 0.1) is 0 Å². The molecule has 0 spiro atoms. The topological polar surface area (TPSA) is 66.5 Å². The summed E-state index contributed by atoms with van der Waals surface area (Å²) in [5, 5.41) is 6.43. The minimum atomic E-state index is 0.257. The highest BCUT2D eigenvalue weighted by molar-refractivity contribution is 7.16. The van der Waals surface area contributed by atoms with Crippen LogP contribution in [0.25, 0.3) is 10.2 Å². The number of thiophene rings is 1. The predicted molar refractivity (Wildman–Crippen MR) is 68.3 cm³/mol. The van der Waals surface area contributed by atoms with E-state index in [0.29, 0.717) is 6.54 Å². The number of hydrogen-bond donors (Lipinski definition) is 2. The summed E-state index contributed by atoms with van der Waals surface area (Å²) in [6, 6.07) is 1.98. The van der Waals surface area contributed by atoms with Crippen LogP contribution in [0.5, 0.6) is 0 Å². The number of H-pyrrole nitrogens is 1. The molecule has 0 aromatic carbocycles. The molecule has 0 aliphatic carbocycles. The van der Waals surface area contributed by atoms with Crippen LogP contribution in [-0.2, 0) is 6.54 Å². The molecule has 17 heavy (non-hydrogen) atoms. The van der Waals surface area contributed by atoms with Gasteiger partial charge in [-0.25, -0.2) is 15.0 Å². The maximum Gasteiger partial charge on any atom is 0.225 e. The number of nitrogens with one attached hydrogen (secondary N) is 2. The largest absolute Gasteiger partial charge is 0.364 e. The van der Waals surface area contributed by atoms with Crippen molar-refractivity contribution in [1.29, 1.82) is 0 Å². The lowest BCUT2D eigenvalue weighted by molar-refractivity contribution is 1.05. The first-order valence-electron chi connectivity index (χ1n) is 4.95.